The van der Waals surface area contributed by atoms with Crippen LogP contribution in [0.15, 0.2) is 47.2 Å². The van der Waals surface area contributed by atoms with Gasteiger partial charge in [0.25, 0.3) is 5.91 Å². The molecule has 2 heterocycles. The van der Waals surface area contributed by atoms with Crippen LogP contribution in [0.3, 0.4) is 0 Å². The van der Waals surface area contributed by atoms with Crippen molar-refractivity contribution >= 4 is 29.0 Å². The van der Waals surface area contributed by atoms with E-state index in [1.165, 1.54) is 11.3 Å². The fourth-order valence-electron chi connectivity index (χ4n) is 1.64. The van der Waals surface area contributed by atoms with Crippen molar-refractivity contribution in [2.24, 2.45) is 4.99 Å². The summed E-state index contributed by atoms with van der Waals surface area (Å²) in [6, 6.07) is 5.71. The zero-order valence-corrected chi connectivity index (χ0v) is 12.7. The number of rotatable bonds is 5. The minimum Gasteiger partial charge on any atom is -0.330 e. The number of nitrogens with one attached hydrogen (secondary N) is 1. The average Bonchev–Trinajstić information content (AvgIpc) is 3.03. The van der Waals surface area contributed by atoms with Gasteiger partial charge in [-0.1, -0.05) is 12.1 Å². The summed E-state index contributed by atoms with van der Waals surface area (Å²) < 4.78 is 0. The van der Waals surface area contributed by atoms with Crippen molar-refractivity contribution in [3.05, 3.63) is 52.8 Å². The summed E-state index contributed by atoms with van der Waals surface area (Å²) in [4.78, 5) is 24.9. The van der Waals surface area contributed by atoms with E-state index >= 15 is 0 Å². The lowest BCUT2D eigenvalue weighted by molar-refractivity contribution is 0.0945. The highest BCUT2D eigenvalue weighted by Gasteiger charge is 2.09. The standard InChI is InChI=1S/C15H16N4OS/c1-3-12(13-6-4-5-7-17-13)8-18-11(2)19-15(20)14-9-16-10-21-14/h3-11H,1-2H3,(H,19,20)/b12-3+,18-8-. The SMILES string of the molecule is C/C=C(\C=N/C(C)NC(=O)c1cncs1)c1ccccn1. The smallest absolute Gasteiger partial charge is 0.264 e. The van der Waals surface area contributed by atoms with E-state index in [2.05, 4.69) is 20.3 Å². The molecule has 0 bridgehead atoms. The van der Waals surface area contributed by atoms with E-state index in [1.807, 2.05) is 38.1 Å². The van der Waals surface area contributed by atoms with Gasteiger partial charge in [0.1, 0.15) is 11.0 Å². The molecule has 0 aromatic carbocycles. The molecular formula is C15H16N4OS. The van der Waals surface area contributed by atoms with Crippen LogP contribution in [0, 0.1) is 0 Å². The summed E-state index contributed by atoms with van der Waals surface area (Å²) >= 11 is 1.30. The van der Waals surface area contributed by atoms with Gasteiger partial charge in [-0.2, -0.15) is 0 Å². The van der Waals surface area contributed by atoms with Crippen LogP contribution in [-0.2, 0) is 0 Å². The van der Waals surface area contributed by atoms with Crippen molar-refractivity contribution in [3.8, 4) is 0 Å². The third kappa shape index (κ3) is 4.32. The van der Waals surface area contributed by atoms with Gasteiger partial charge in [0, 0.05) is 18.0 Å². The third-order valence-electron chi connectivity index (χ3n) is 2.70. The summed E-state index contributed by atoms with van der Waals surface area (Å²) in [7, 11) is 0. The maximum Gasteiger partial charge on any atom is 0.264 e. The summed E-state index contributed by atoms with van der Waals surface area (Å²) in [5, 5.41) is 2.80. The largest absolute Gasteiger partial charge is 0.330 e. The van der Waals surface area contributed by atoms with Crippen molar-refractivity contribution in [3.63, 3.8) is 0 Å². The van der Waals surface area contributed by atoms with Crippen LogP contribution in [0.5, 0.6) is 0 Å². The molecule has 1 amide bonds. The zero-order chi connectivity index (χ0) is 15.1. The fourth-order valence-corrected chi connectivity index (χ4v) is 2.16. The van der Waals surface area contributed by atoms with E-state index in [1.54, 1.807) is 24.1 Å². The molecule has 0 aliphatic heterocycles. The molecule has 108 valence electrons. The monoisotopic (exact) mass is 300 g/mol. The van der Waals surface area contributed by atoms with Gasteiger partial charge in [-0.05, 0) is 26.0 Å². The van der Waals surface area contributed by atoms with Crippen LogP contribution >= 0.6 is 11.3 Å². The predicted octanol–water partition coefficient (Wildman–Crippen LogP) is 2.79. The Balaban J connectivity index is 1.98. The van der Waals surface area contributed by atoms with E-state index in [4.69, 9.17) is 0 Å². The number of allylic oxidation sites excluding steroid dienone is 2. The molecule has 6 heteroatoms. The van der Waals surface area contributed by atoms with E-state index in [0.29, 0.717) is 4.88 Å². The maximum absolute atomic E-state index is 11.9. The Morgan fingerprint density at radius 1 is 1.48 bits per heavy atom. The van der Waals surface area contributed by atoms with Crippen LogP contribution in [-0.4, -0.2) is 28.3 Å². The van der Waals surface area contributed by atoms with Gasteiger partial charge in [-0.15, -0.1) is 11.3 Å². The Hall–Kier alpha value is -2.34. The first-order valence-electron chi connectivity index (χ1n) is 6.51. The Morgan fingerprint density at radius 2 is 2.33 bits per heavy atom. The van der Waals surface area contributed by atoms with Crippen LogP contribution in [0.2, 0.25) is 0 Å². The molecule has 0 radical (unpaired) electrons. The Labute approximate surface area is 127 Å². The summed E-state index contributed by atoms with van der Waals surface area (Å²) in [6.07, 6.45) is 6.62. The lowest BCUT2D eigenvalue weighted by Crippen LogP contribution is -2.30. The number of nitrogens with zero attached hydrogens (tertiary/aromatic N) is 3. The molecule has 0 saturated heterocycles. The van der Waals surface area contributed by atoms with Gasteiger partial charge < -0.3 is 5.32 Å². The lowest BCUT2D eigenvalue weighted by Gasteiger charge is -2.08. The average molecular weight is 300 g/mol. The number of thiazole rings is 1. The first kappa shape index (κ1) is 15.1. The number of hydrogen-bond donors (Lipinski definition) is 1. The molecule has 5 nitrogen and oxygen atoms in total. The quantitative estimate of drug-likeness (QED) is 0.863. The van der Waals surface area contributed by atoms with E-state index in [9.17, 15) is 4.79 Å². The highest BCUT2D eigenvalue weighted by Crippen LogP contribution is 2.09. The van der Waals surface area contributed by atoms with Crippen LogP contribution < -0.4 is 5.32 Å². The van der Waals surface area contributed by atoms with E-state index < -0.39 is 0 Å². The number of carbonyl (C=O) groups is 1. The van der Waals surface area contributed by atoms with E-state index in [-0.39, 0.29) is 12.1 Å². The molecule has 2 aromatic heterocycles. The van der Waals surface area contributed by atoms with Crippen LogP contribution in [0.1, 0.15) is 29.2 Å². The van der Waals surface area contributed by atoms with Gasteiger partial charge in [-0.3, -0.25) is 19.8 Å². The van der Waals surface area contributed by atoms with Crippen LogP contribution in [0.25, 0.3) is 5.57 Å². The zero-order valence-electron chi connectivity index (χ0n) is 11.9. The number of amides is 1. The molecule has 0 saturated carbocycles. The third-order valence-corrected chi connectivity index (χ3v) is 3.48. The summed E-state index contributed by atoms with van der Waals surface area (Å²) in [5.41, 5.74) is 3.39. The molecule has 21 heavy (non-hydrogen) atoms. The lowest BCUT2D eigenvalue weighted by atomic mass is 10.2. The highest BCUT2D eigenvalue weighted by atomic mass is 32.1. The second-order valence-corrected chi connectivity index (χ2v) is 5.14. The van der Waals surface area contributed by atoms with Crippen molar-refractivity contribution in [1.82, 2.24) is 15.3 Å². The number of pyridine rings is 1. The first-order chi connectivity index (χ1) is 10.2. The van der Waals surface area contributed by atoms with Gasteiger partial charge in [0.05, 0.1) is 17.4 Å². The number of carbonyl (C=O) groups excluding carboxylic acids is 1. The van der Waals surface area contributed by atoms with Gasteiger partial charge in [-0.25, -0.2) is 0 Å². The molecule has 0 spiro atoms. The van der Waals surface area contributed by atoms with Crippen molar-refractivity contribution < 1.29 is 4.79 Å². The molecule has 2 aromatic rings. The number of aromatic nitrogens is 2. The molecule has 0 fully saturated rings. The summed E-state index contributed by atoms with van der Waals surface area (Å²) in [5.74, 6) is -0.165. The number of hydrogen-bond acceptors (Lipinski definition) is 5. The fraction of sp³-hybridized carbons (Fsp3) is 0.200. The van der Waals surface area contributed by atoms with Crippen molar-refractivity contribution in [2.75, 3.05) is 0 Å². The predicted molar refractivity (Wildman–Crippen MR) is 85.4 cm³/mol. The number of aliphatic imine (C=N–C) groups is 1. The minimum atomic E-state index is -0.321. The van der Waals surface area contributed by atoms with Crippen LogP contribution in [0.4, 0.5) is 0 Å². The Morgan fingerprint density at radius 3 is 2.95 bits per heavy atom. The normalized spacial score (nSPS) is 13.3. The van der Waals surface area contributed by atoms with Crippen molar-refractivity contribution in [1.29, 1.82) is 0 Å². The molecule has 0 aliphatic carbocycles. The summed E-state index contributed by atoms with van der Waals surface area (Å²) in [6.45, 7) is 3.75. The molecule has 1 atom stereocenters. The second kappa shape index (κ2) is 7.44. The molecule has 0 aliphatic rings. The first-order valence-corrected chi connectivity index (χ1v) is 7.39. The molecule has 1 N–H and O–H groups in total. The Bertz CT molecular complexity index is 635. The maximum atomic E-state index is 11.9. The minimum absolute atomic E-state index is 0.165. The molecule has 2 rings (SSSR count). The molecular weight excluding hydrogens is 284 g/mol. The van der Waals surface area contributed by atoms with E-state index in [0.717, 1.165) is 11.3 Å². The second-order valence-electron chi connectivity index (χ2n) is 4.25. The topological polar surface area (TPSA) is 67.2 Å². The highest BCUT2D eigenvalue weighted by molar-refractivity contribution is 7.11. The van der Waals surface area contributed by atoms with Gasteiger partial charge in [0.2, 0.25) is 0 Å². The Kier molecular flexibility index (Phi) is 5.34. The molecule has 1 unspecified atom stereocenters. The van der Waals surface area contributed by atoms with Gasteiger partial charge in [0.15, 0.2) is 0 Å². The van der Waals surface area contributed by atoms with Crippen molar-refractivity contribution in [2.45, 2.75) is 20.0 Å². The van der Waals surface area contributed by atoms with Gasteiger partial charge >= 0.3 is 0 Å².